The Morgan fingerprint density at radius 1 is 1.42 bits per heavy atom. The molecule has 1 aromatic rings. The second kappa shape index (κ2) is 6.16. The molecule has 0 radical (unpaired) electrons. The summed E-state index contributed by atoms with van der Waals surface area (Å²) in [5, 5.41) is 2.56. The number of hydrogen-bond acceptors (Lipinski definition) is 6. The summed E-state index contributed by atoms with van der Waals surface area (Å²) in [6.07, 6.45) is 4.36. The van der Waals surface area contributed by atoms with E-state index in [1.54, 1.807) is 37.3 Å². The summed E-state index contributed by atoms with van der Waals surface area (Å²) in [4.78, 5) is 47.3. The lowest BCUT2D eigenvalue weighted by Crippen LogP contribution is -2.48. The van der Waals surface area contributed by atoms with Crippen molar-refractivity contribution in [3.63, 3.8) is 0 Å². The van der Waals surface area contributed by atoms with Crippen LogP contribution in [0.5, 0.6) is 0 Å². The summed E-state index contributed by atoms with van der Waals surface area (Å²) in [6, 6.07) is -0.544. The monoisotopic (exact) mass is 333 g/mol. The summed E-state index contributed by atoms with van der Waals surface area (Å²) < 4.78 is 5.63. The third-order valence-electron chi connectivity index (χ3n) is 4.07. The van der Waals surface area contributed by atoms with Crippen LogP contribution < -0.4 is 5.32 Å². The number of urea groups is 1. The van der Waals surface area contributed by atoms with Gasteiger partial charge in [-0.1, -0.05) is 0 Å². The lowest BCUT2D eigenvalue weighted by atomic mass is 10.1. The number of hydrogen-bond donors (Lipinski definition) is 1. The van der Waals surface area contributed by atoms with E-state index in [0.717, 1.165) is 4.90 Å². The Balaban J connectivity index is 1.65. The molecular formula is C15H19N5O4. The maximum Gasteiger partial charge on any atom is 0.325 e. The fourth-order valence-corrected chi connectivity index (χ4v) is 2.73. The zero-order valence-electron chi connectivity index (χ0n) is 13.6. The van der Waals surface area contributed by atoms with E-state index in [-0.39, 0.29) is 18.6 Å². The van der Waals surface area contributed by atoms with Crippen molar-refractivity contribution in [3.05, 3.63) is 24.3 Å². The molecule has 0 aliphatic carbocycles. The number of ether oxygens (including phenoxy) is 1. The Hall–Kier alpha value is -2.55. The van der Waals surface area contributed by atoms with Crippen LogP contribution in [-0.4, -0.2) is 69.4 Å². The molecule has 2 fully saturated rings. The van der Waals surface area contributed by atoms with Crippen molar-refractivity contribution in [1.29, 1.82) is 0 Å². The topological polar surface area (TPSA) is 105 Å². The Labute approximate surface area is 139 Å². The van der Waals surface area contributed by atoms with Gasteiger partial charge in [0.15, 0.2) is 0 Å². The van der Waals surface area contributed by atoms with E-state index in [1.807, 2.05) is 0 Å². The fraction of sp³-hybridized carbons (Fsp3) is 0.533. The Bertz CT molecular complexity index is 663. The SMILES string of the molecule is CC1(C)NC(=O)N(CC(=O)N2CCO[C@H](c3cnccn3)C2)C1=O. The molecule has 9 nitrogen and oxygen atoms in total. The van der Waals surface area contributed by atoms with E-state index in [2.05, 4.69) is 15.3 Å². The summed E-state index contributed by atoms with van der Waals surface area (Å²) >= 11 is 0. The van der Waals surface area contributed by atoms with Crippen LogP contribution in [0.1, 0.15) is 25.6 Å². The maximum absolute atomic E-state index is 12.5. The number of amides is 4. The van der Waals surface area contributed by atoms with Gasteiger partial charge in [0, 0.05) is 18.9 Å². The molecule has 2 saturated heterocycles. The van der Waals surface area contributed by atoms with E-state index in [1.165, 1.54) is 0 Å². The molecule has 24 heavy (non-hydrogen) atoms. The Morgan fingerprint density at radius 2 is 2.21 bits per heavy atom. The van der Waals surface area contributed by atoms with Gasteiger partial charge in [-0.3, -0.25) is 24.5 Å². The zero-order valence-corrected chi connectivity index (χ0v) is 13.6. The maximum atomic E-state index is 12.5. The predicted molar refractivity (Wildman–Crippen MR) is 81.6 cm³/mol. The van der Waals surface area contributed by atoms with Crippen molar-refractivity contribution < 1.29 is 19.1 Å². The number of morpholine rings is 1. The minimum Gasteiger partial charge on any atom is -0.368 e. The van der Waals surface area contributed by atoms with Gasteiger partial charge < -0.3 is 15.0 Å². The van der Waals surface area contributed by atoms with Gasteiger partial charge in [0.2, 0.25) is 5.91 Å². The second-order valence-corrected chi connectivity index (χ2v) is 6.28. The highest BCUT2D eigenvalue weighted by Crippen LogP contribution is 2.21. The average Bonchev–Trinajstić information content (AvgIpc) is 2.77. The van der Waals surface area contributed by atoms with Crippen LogP contribution in [0, 0.1) is 0 Å². The molecule has 4 amide bonds. The fourth-order valence-electron chi connectivity index (χ4n) is 2.73. The number of nitrogens with one attached hydrogen (secondary N) is 1. The van der Waals surface area contributed by atoms with Crippen molar-refractivity contribution in [2.75, 3.05) is 26.2 Å². The molecular weight excluding hydrogens is 314 g/mol. The van der Waals surface area contributed by atoms with Crippen molar-refractivity contribution in [2.45, 2.75) is 25.5 Å². The molecule has 3 heterocycles. The van der Waals surface area contributed by atoms with Crippen LogP contribution in [0.4, 0.5) is 4.79 Å². The second-order valence-electron chi connectivity index (χ2n) is 6.28. The quantitative estimate of drug-likeness (QED) is 0.762. The zero-order chi connectivity index (χ0) is 17.3. The molecule has 9 heteroatoms. The molecule has 1 aromatic heterocycles. The molecule has 0 spiro atoms. The molecule has 2 aliphatic rings. The third kappa shape index (κ3) is 3.07. The molecule has 2 aliphatic heterocycles. The predicted octanol–water partition coefficient (Wildman–Crippen LogP) is -0.293. The van der Waals surface area contributed by atoms with Crippen LogP contribution in [0.2, 0.25) is 0 Å². The first-order chi connectivity index (χ1) is 11.4. The van der Waals surface area contributed by atoms with Crippen LogP contribution in [0.15, 0.2) is 18.6 Å². The van der Waals surface area contributed by atoms with Crippen LogP contribution >= 0.6 is 0 Å². The molecule has 0 unspecified atom stereocenters. The minimum absolute atomic E-state index is 0.277. The molecule has 1 N–H and O–H groups in total. The minimum atomic E-state index is -0.982. The van der Waals surface area contributed by atoms with Gasteiger partial charge in [-0.15, -0.1) is 0 Å². The van der Waals surface area contributed by atoms with Gasteiger partial charge in [-0.05, 0) is 13.8 Å². The van der Waals surface area contributed by atoms with Gasteiger partial charge in [-0.2, -0.15) is 0 Å². The first-order valence-electron chi connectivity index (χ1n) is 7.68. The van der Waals surface area contributed by atoms with E-state index < -0.39 is 17.5 Å². The van der Waals surface area contributed by atoms with Gasteiger partial charge >= 0.3 is 6.03 Å². The Morgan fingerprint density at radius 3 is 2.83 bits per heavy atom. The number of nitrogens with zero attached hydrogens (tertiary/aromatic N) is 4. The number of carbonyl (C=O) groups is 3. The lowest BCUT2D eigenvalue weighted by molar-refractivity contribution is -0.143. The van der Waals surface area contributed by atoms with Gasteiger partial charge in [0.25, 0.3) is 5.91 Å². The van der Waals surface area contributed by atoms with Gasteiger partial charge in [0.05, 0.1) is 25.0 Å². The molecule has 128 valence electrons. The van der Waals surface area contributed by atoms with Crippen molar-refractivity contribution >= 4 is 17.8 Å². The van der Waals surface area contributed by atoms with Crippen molar-refractivity contribution in [1.82, 2.24) is 25.1 Å². The molecule has 3 rings (SSSR count). The smallest absolute Gasteiger partial charge is 0.325 e. The summed E-state index contributed by atoms with van der Waals surface area (Å²) in [5.41, 5.74) is -0.337. The molecule has 0 saturated carbocycles. The number of carbonyl (C=O) groups excluding carboxylic acids is 3. The largest absolute Gasteiger partial charge is 0.368 e. The Kier molecular flexibility index (Phi) is 4.18. The summed E-state index contributed by atoms with van der Waals surface area (Å²) in [6.45, 7) is 4.01. The third-order valence-corrected chi connectivity index (χ3v) is 4.07. The van der Waals surface area contributed by atoms with Crippen LogP contribution in [-0.2, 0) is 14.3 Å². The lowest BCUT2D eigenvalue weighted by Gasteiger charge is -2.33. The first kappa shape index (κ1) is 16.3. The molecule has 1 atom stereocenters. The number of rotatable bonds is 3. The highest BCUT2D eigenvalue weighted by Gasteiger charge is 2.45. The molecule has 0 bridgehead atoms. The summed E-state index contributed by atoms with van der Waals surface area (Å²) in [7, 11) is 0. The normalized spacial score (nSPS) is 23.3. The molecule has 0 aromatic carbocycles. The van der Waals surface area contributed by atoms with E-state index >= 15 is 0 Å². The van der Waals surface area contributed by atoms with Crippen LogP contribution in [0.3, 0.4) is 0 Å². The summed E-state index contributed by atoms with van der Waals surface area (Å²) in [5.74, 6) is -0.701. The van der Waals surface area contributed by atoms with E-state index in [4.69, 9.17) is 4.74 Å². The van der Waals surface area contributed by atoms with Crippen molar-refractivity contribution in [2.24, 2.45) is 0 Å². The first-order valence-corrected chi connectivity index (χ1v) is 7.68. The van der Waals surface area contributed by atoms with Crippen molar-refractivity contribution in [3.8, 4) is 0 Å². The van der Waals surface area contributed by atoms with Gasteiger partial charge in [0.1, 0.15) is 18.2 Å². The van der Waals surface area contributed by atoms with E-state index in [0.29, 0.717) is 25.4 Å². The standard InChI is InChI=1S/C15H19N5O4/c1-15(2)13(22)20(14(23)18-15)9-12(21)19-5-6-24-11(8-19)10-7-16-3-4-17-10/h3-4,7,11H,5-6,8-9H2,1-2H3,(H,18,23)/t11-/m0/s1. The van der Waals surface area contributed by atoms with Crippen LogP contribution in [0.25, 0.3) is 0 Å². The van der Waals surface area contributed by atoms with E-state index in [9.17, 15) is 14.4 Å². The highest BCUT2D eigenvalue weighted by molar-refractivity contribution is 6.08. The highest BCUT2D eigenvalue weighted by atomic mass is 16.5. The van der Waals surface area contributed by atoms with Gasteiger partial charge in [-0.25, -0.2) is 4.79 Å². The number of aromatic nitrogens is 2. The number of imide groups is 1. The average molecular weight is 333 g/mol.